The number of fused-ring (bicyclic) bond motifs is 2. The summed E-state index contributed by atoms with van der Waals surface area (Å²) in [5.41, 5.74) is 17.4. The number of hydrogen-bond donors (Lipinski definition) is 3. The van der Waals surface area contributed by atoms with E-state index >= 15 is 0 Å². The number of methoxy groups -OCH3 is 1. The van der Waals surface area contributed by atoms with Crippen molar-refractivity contribution in [2.45, 2.75) is 50.7 Å². The van der Waals surface area contributed by atoms with Crippen molar-refractivity contribution in [3.05, 3.63) is 69.7 Å². The second-order valence-electron chi connectivity index (χ2n) is 8.93. The van der Waals surface area contributed by atoms with E-state index in [4.69, 9.17) is 21.2 Å². The van der Waals surface area contributed by atoms with Gasteiger partial charge in [0.1, 0.15) is 10.0 Å². The van der Waals surface area contributed by atoms with Crippen LogP contribution in [0.15, 0.2) is 48.5 Å². The summed E-state index contributed by atoms with van der Waals surface area (Å²) in [5, 5.41) is 12.0. The number of aryl methyl sites for hydroxylation is 2. The number of ether oxygens (including phenoxy) is 1. The molecular formula is C27H30N4O2S2. The van der Waals surface area contributed by atoms with Crippen molar-refractivity contribution in [2.24, 2.45) is 0 Å². The van der Waals surface area contributed by atoms with E-state index < -0.39 is 0 Å². The summed E-state index contributed by atoms with van der Waals surface area (Å²) >= 11 is 3.35. The number of aliphatic hydroxyl groups excluding tert-OH is 1. The molecule has 0 spiro atoms. The van der Waals surface area contributed by atoms with Crippen molar-refractivity contribution in [1.29, 1.82) is 0 Å². The molecule has 0 aliphatic heterocycles. The SMILES string of the molecule is COC1CCCc2nc(-c3ccc(N)cc3)sc21.Nc1ccc(-c2nc3c(s2)C(O)CCC3)cc1. The topological polar surface area (TPSA) is 107 Å². The Balaban J connectivity index is 0.000000145. The lowest BCUT2D eigenvalue weighted by Crippen LogP contribution is -2.08. The number of nitrogens with two attached hydrogens (primary N) is 2. The van der Waals surface area contributed by atoms with E-state index in [1.54, 1.807) is 29.8 Å². The van der Waals surface area contributed by atoms with Crippen molar-refractivity contribution in [1.82, 2.24) is 9.97 Å². The van der Waals surface area contributed by atoms with Crippen molar-refractivity contribution in [2.75, 3.05) is 18.6 Å². The number of rotatable bonds is 3. The van der Waals surface area contributed by atoms with Gasteiger partial charge in [0.25, 0.3) is 0 Å². The Morgan fingerprint density at radius 2 is 1.26 bits per heavy atom. The molecule has 182 valence electrons. The molecule has 0 saturated carbocycles. The molecule has 8 heteroatoms. The molecule has 2 aromatic carbocycles. The third-order valence-electron chi connectivity index (χ3n) is 6.42. The van der Waals surface area contributed by atoms with Gasteiger partial charge in [-0.3, -0.25) is 0 Å². The third kappa shape index (κ3) is 5.26. The van der Waals surface area contributed by atoms with Gasteiger partial charge in [-0.05, 0) is 87.1 Å². The van der Waals surface area contributed by atoms with Gasteiger partial charge in [-0.25, -0.2) is 9.97 Å². The Morgan fingerprint density at radius 3 is 1.77 bits per heavy atom. The largest absolute Gasteiger partial charge is 0.399 e. The average molecular weight is 507 g/mol. The first-order valence-corrected chi connectivity index (χ1v) is 13.6. The van der Waals surface area contributed by atoms with Gasteiger partial charge in [-0.15, -0.1) is 22.7 Å². The molecule has 35 heavy (non-hydrogen) atoms. The molecule has 0 bridgehead atoms. The van der Waals surface area contributed by atoms with Crippen molar-refractivity contribution < 1.29 is 9.84 Å². The Bertz CT molecular complexity index is 1280. The second kappa shape index (κ2) is 10.5. The van der Waals surface area contributed by atoms with Gasteiger partial charge in [0.2, 0.25) is 0 Å². The molecule has 4 aromatic rings. The number of thiazole rings is 2. The van der Waals surface area contributed by atoms with Crippen LogP contribution in [0.4, 0.5) is 11.4 Å². The molecule has 5 N–H and O–H groups in total. The number of anilines is 2. The highest BCUT2D eigenvalue weighted by atomic mass is 32.1. The third-order valence-corrected chi connectivity index (χ3v) is 8.91. The highest BCUT2D eigenvalue weighted by molar-refractivity contribution is 7.15. The summed E-state index contributed by atoms with van der Waals surface area (Å²) < 4.78 is 5.54. The molecule has 0 amide bonds. The summed E-state index contributed by atoms with van der Waals surface area (Å²) in [5.74, 6) is 0. The predicted octanol–water partition coefficient (Wildman–Crippen LogP) is 6.18. The Labute approximate surface area is 213 Å². The first-order chi connectivity index (χ1) is 17.0. The van der Waals surface area contributed by atoms with Gasteiger partial charge in [-0.1, -0.05) is 0 Å². The van der Waals surface area contributed by atoms with Crippen LogP contribution in [0.25, 0.3) is 21.1 Å². The molecule has 6 rings (SSSR count). The van der Waals surface area contributed by atoms with Gasteiger partial charge in [-0.2, -0.15) is 0 Å². The Kier molecular flexibility index (Phi) is 7.15. The van der Waals surface area contributed by atoms with Crippen LogP contribution in [0.3, 0.4) is 0 Å². The maximum Gasteiger partial charge on any atom is 0.123 e. The number of aromatic nitrogens is 2. The minimum atomic E-state index is -0.321. The van der Waals surface area contributed by atoms with Crippen LogP contribution in [-0.4, -0.2) is 22.2 Å². The normalized spacial score (nSPS) is 18.8. The molecule has 0 radical (unpaired) electrons. The predicted molar refractivity (Wildman–Crippen MR) is 145 cm³/mol. The summed E-state index contributed by atoms with van der Waals surface area (Å²) in [6.45, 7) is 0. The standard InChI is InChI=1S/C14H16N2OS.C13H14N2OS/c1-17-12-4-2-3-11-13(12)18-14(16-11)9-5-7-10(15)8-6-9;14-9-6-4-8(5-7-9)13-15-10-2-1-3-11(16)12(10)17-13/h5-8,12H,2-4,15H2,1H3;4-7,11,16H,1-3,14H2. The van der Waals surface area contributed by atoms with E-state index in [9.17, 15) is 5.11 Å². The summed E-state index contributed by atoms with van der Waals surface area (Å²) in [7, 11) is 1.78. The maximum absolute atomic E-state index is 9.92. The van der Waals surface area contributed by atoms with Crippen LogP contribution in [0, 0.1) is 0 Å². The molecule has 2 heterocycles. The smallest absolute Gasteiger partial charge is 0.123 e. The lowest BCUT2D eigenvalue weighted by Gasteiger charge is -2.19. The zero-order chi connectivity index (χ0) is 24.4. The fraction of sp³-hybridized carbons (Fsp3) is 0.333. The fourth-order valence-corrected chi connectivity index (χ4v) is 6.87. The van der Waals surface area contributed by atoms with Crippen LogP contribution in [0.1, 0.15) is 59.0 Å². The number of aliphatic hydroxyl groups is 1. The Hall–Kier alpha value is -2.78. The molecule has 2 atom stereocenters. The van der Waals surface area contributed by atoms with Gasteiger partial charge in [0.15, 0.2) is 0 Å². The first kappa shape index (κ1) is 23.9. The summed E-state index contributed by atoms with van der Waals surface area (Å²) in [6.07, 6.45) is 6.12. The van der Waals surface area contributed by atoms with E-state index in [0.29, 0.717) is 0 Å². The van der Waals surface area contributed by atoms with E-state index in [-0.39, 0.29) is 12.2 Å². The minimum absolute atomic E-state index is 0.230. The molecule has 2 aromatic heterocycles. The fourth-order valence-electron chi connectivity index (χ4n) is 4.50. The molecule has 0 saturated heterocycles. The van der Waals surface area contributed by atoms with Crippen molar-refractivity contribution in [3.8, 4) is 21.1 Å². The maximum atomic E-state index is 9.92. The van der Waals surface area contributed by atoms with Crippen LogP contribution in [-0.2, 0) is 17.6 Å². The first-order valence-electron chi connectivity index (χ1n) is 11.9. The van der Waals surface area contributed by atoms with Crippen LogP contribution in [0.2, 0.25) is 0 Å². The summed E-state index contributed by atoms with van der Waals surface area (Å²) in [6, 6.07) is 15.6. The lowest BCUT2D eigenvalue weighted by molar-refractivity contribution is 0.0908. The lowest BCUT2D eigenvalue weighted by atomic mass is 10.0. The van der Waals surface area contributed by atoms with Gasteiger partial charge < -0.3 is 21.3 Å². The quantitative estimate of drug-likeness (QED) is 0.287. The van der Waals surface area contributed by atoms with Crippen molar-refractivity contribution in [3.63, 3.8) is 0 Å². The highest BCUT2D eigenvalue weighted by Gasteiger charge is 2.25. The molecule has 6 nitrogen and oxygen atoms in total. The summed E-state index contributed by atoms with van der Waals surface area (Å²) in [4.78, 5) is 11.7. The highest BCUT2D eigenvalue weighted by Crippen LogP contribution is 2.40. The minimum Gasteiger partial charge on any atom is -0.399 e. The van der Waals surface area contributed by atoms with Crippen molar-refractivity contribution >= 4 is 34.0 Å². The number of benzene rings is 2. The molecular weight excluding hydrogens is 476 g/mol. The van der Waals surface area contributed by atoms with Crippen LogP contribution < -0.4 is 11.5 Å². The average Bonchev–Trinajstić information content (AvgIpc) is 3.51. The molecule has 2 aliphatic rings. The second-order valence-corrected chi connectivity index (χ2v) is 11.0. The van der Waals surface area contributed by atoms with E-state index in [0.717, 1.165) is 81.6 Å². The van der Waals surface area contributed by atoms with Gasteiger partial charge in [0, 0.05) is 29.6 Å². The van der Waals surface area contributed by atoms with E-state index in [1.165, 1.54) is 10.6 Å². The zero-order valence-electron chi connectivity index (χ0n) is 19.7. The number of nitrogens with zero attached hydrogens (tertiary/aromatic N) is 2. The van der Waals surface area contributed by atoms with Crippen LogP contribution in [0.5, 0.6) is 0 Å². The molecule has 2 unspecified atom stereocenters. The monoisotopic (exact) mass is 506 g/mol. The van der Waals surface area contributed by atoms with E-state index in [2.05, 4.69) is 4.98 Å². The van der Waals surface area contributed by atoms with Crippen LogP contribution >= 0.6 is 22.7 Å². The molecule has 0 fully saturated rings. The van der Waals surface area contributed by atoms with Gasteiger partial charge in [0.05, 0.1) is 33.4 Å². The van der Waals surface area contributed by atoms with E-state index in [1.807, 2.05) is 48.5 Å². The molecule has 2 aliphatic carbocycles. The number of hydrogen-bond acceptors (Lipinski definition) is 8. The Morgan fingerprint density at radius 1 is 0.771 bits per heavy atom. The zero-order valence-corrected chi connectivity index (χ0v) is 21.4. The number of nitrogen functional groups attached to an aromatic ring is 2. The van der Waals surface area contributed by atoms with Gasteiger partial charge >= 0.3 is 0 Å².